The van der Waals surface area contributed by atoms with Crippen molar-refractivity contribution in [3.05, 3.63) is 33.0 Å². The van der Waals surface area contributed by atoms with Gasteiger partial charge in [-0.2, -0.15) is 0 Å². The molecular weight excluding hydrogens is 270 g/mol. The fraction of sp³-hybridized carbons (Fsp3) is 0.400. The summed E-state index contributed by atoms with van der Waals surface area (Å²) in [5.74, 6) is -0.358. The number of halogens is 3. The van der Waals surface area contributed by atoms with Crippen molar-refractivity contribution < 1.29 is 9.50 Å². The van der Waals surface area contributed by atoms with Crippen LogP contribution in [-0.4, -0.2) is 11.7 Å². The van der Waals surface area contributed by atoms with E-state index in [0.29, 0.717) is 16.5 Å². The Labute approximate surface area is 96.0 Å². The van der Waals surface area contributed by atoms with E-state index in [0.717, 1.165) is 0 Å². The fourth-order valence-electron chi connectivity index (χ4n) is 1.16. The van der Waals surface area contributed by atoms with E-state index in [9.17, 15) is 4.39 Å². The Morgan fingerprint density at radius 2 is 2.21 bits per heavy atom. The highest BCUT2D eigenvalue weighted by Crippen LogP contribution is 2.28. The summed E-state index contributed by atoms with van der Waals surface area (Å²) in [4.78, 5) is 0. The number of rotatable bonds is 3. The molecule has 0 aliphatic rings. The summed E-state index contributed by atoms with van der Waals surface area (Å²) in [6, 6.07) is 3.39. The smallest absolute Gasteiger partial charge is 0.146 e. The molecule has 1 rings (SSSR count). The average molecular weight is 282 g/mol. The van der Waals surface area contributed by atoms with Gasteiger partial charge in [-0.05, 0) is 39.9 Å². The predicted octanol–water partition coefficient (Wildman–Crippen LogP) is 3.41. The molecule has 14 heavy (non-hydrogen) atoms. The molecule has 4 heteroatoms. The highest BCUT2D eigenvalue weighted by Gasteiger charge is 2.12. The second kappa shape index (κ2) is 5.10. The molecule has 0 aliphatic heterocycles. The van der Waals surface area contributed by atoms with E-state index in [2.05, 4.69) is 15.9 Å². The molecule has 1 N–H and O–H groups in total. The molecule has 1 unspecified atom stereocenters. The normalized spacial score (nSPS) is 12.9. The first-order valence-corrected chi connectivity index (χ1v) is 5.46. The molecule has 0 aliphatic carbocycles. The molecule has 0 bridgehead atoms. The Morgan fingerprint density at radius 3 is 2.79 bits per heavy atom. The van der Waals surface area contributed by atoms with Gasteiger partial charge < -0.3 is 5.11 Å². The van der Waals surface area contributed by atoms with Crippen LogP contribution in [0.3, 0.4) is 0 Å². The van der Waals surface area contributed by atoms with Gasteiger partial charge in [0, 0.05) is 11.1 Å². The standard InChI is InChI=1S/C10H11BrClFO/c1-6(5-14)4-7-2-3-8(11)9(12)10(7)13/h2-3,6,14H,4-5H2,1H3. The van der Waals surface area contributed by atoms with Gasteiger partial charge in [-0.25, -0.2) is 4.39 Å². The van der Waals surface area contributed by atoms with Gasteiger partial charge in [-0.3, -0.25) is 0 Å². The molecule has 1 aromatic rings. The summed E-state index contributed by atoms with van der Waals surface area (Å²) in [7, 11) is 0. The molecule has 0 fully saturated rings. The largest absolute Gasteiger partial charge is 0.396 e. The SMILES string of the molecule is CC(CO)Cc1ccc(Br)c(Cl)c1F. The van der Waals surface area contributed by atoms with Crippen LogP contribution in [0.2, 0.25) is 5.02 Å². The van der Waals surface area contributed by atoms with Gasteiger partial charge in [0.2, 0.25) is 0 Å². The van der Waals surface area contributed by atoms with Crippen molar-refractivity contribution in [3.8, 4) is 0 Å². The summed E-state index contributed by atoms with van der Waals surface area (Å²) < 4.78 is 14.1. The summed E-state index contributed by atoms with van der Waals surface area (Å²) in [5, 5.41) is 8.95. The van der Waals surface area contributed by atoms with Crippen molar-refractivity contribution in [1.29, 1.82) is 0 Å². The monoisotopic (exact) mass is 280 g/mol. The quantitative estimate of drug-likeness (QED) is 0.842. The van der Waals surface area contributed by atoms with E-state index in [1.165, 1.54) is 0 Å². The third-order valence-corrected chi connectivity index (χ3v) is 3.25. The summed E-state index contributed by atoms with van der Waals surface area (Å²) in [6.45, 7) is 1.91. The average Bonchev–Trinajstić information content (AvgIpc) is 2.19. The zero-order valence-electron chi connectivity index (χ0n) is 7.73. The third kappa shape index (κ3) is 2.69. The highest BCUT2D eigenvalue weighted by molar-refractivity contribution is 9.10. The predicted molar refractivity (Wildman–Crippen MR) is 59.1 cm³/mol. The molecule has 0 spiro atoms. The molecule has 0 heterocycles. The maximum Gasteiger partial charge on any atom is 0.146 e. The Hall–Kier alpha value is -0.120. The molecule has 0 radical (unpaired) electrons. The number of benzene rings is 1. The maximum atomic E-state index is 13.5. The number of aliphatic hydroxyl groups excluding tert-OH is 1. The Kier molecular flexibility index (Phi) is 4.35. The topological polar surface area (TPSA) is 20.2 Å². The van der Waals surface area contributed by atoms with Crippen molar-refractivity contribution in [2.75, 3.05) is 6.61 Å². The highest BCUT2D eigenvalue weighted by atomic mass is 79.9. The second-order valence-corrected chi connectivity index (χ2v) is 4.56. The van der Waals surface area contributed by atoms with Gasteiger partial charge in [-0.1, -0.05) is 24.6 Å². The van der Waals surface area contributed by atoms with Crippen molar-refractivity contribution in [2.24, 2.45) is 5.92 Å². The van der Waals surface area contributed by atoms with Gasteiger partial charge in [-0.15, -0.1) is 0 Å². The fourth-order valence-corrected chi connectivity index (χ4v) is 1.65. The summed E-state index contributed by atoms with van der Waals surface area (Å²) in [5.41, 5.74) is 0.541. The molecule has 0 saturated carbocycles. The third-order valence-electron chi connectivity index (χ3n) is 2.00. The van der Waals surface area contributed by atoms with E-state index in [4.69, 9.17) is 16.7 Å². The number of hydrogen-bond acceptors (Lipinski definition) is 1. The van der Waals surface area contributed by atoms with Gasteiger partial charge in [0.25, 0.3) is 0 Å². The Balaban J connectivity index is 2.94. The lowest BCUT2D eigenvalue weighted by atomic mass is 10.0. The van der Waals surface area contributed by atoms with Crippen LogP contribution >= 0.6 is 27.5 Å². The van der Waals surface area contributed by atoms with Crippen LogP contribution in [0.15, 0.2) is 16.6 Å². The van der Waals surface area contributed by atoms with Crippen LogP contribution in [-0.2, 0) is 6.42 Å². The van der Waals surface area contributed by atoms with Crippen molar-refractivity contribution >= 4 is 27.5 Å². The molecule has 0 aromatic heterocycles. The Bertz CT molecular complexity index is 330. The zero-order valence-corrected chi connectivity index (χ0v) is 10.1. The molecular formula is C10H11BrClFO. The lowest BCUT2D eigenvalue weighted by Crippen LogP contribution is -2.06. The molecule has 78 valence electrons. The number of hydrogen-bond donors (Lipinski definition) is 1. The van der Waals surface area contributed by atoms with Gasteiger partial charge in [0.05, 0.1) is 5.02 Å². The van der Waals surface area contributed by atoms with E-state index < -0.39 is 5.82 Å². The summed E-state index contributed by atoms with van der Waals surface area (Å²) >= 11 is 8.87. The van der Waals surface area contributed by atoms with E-state index in [1.54, 1.807) is 12.1 Å². The van der Waals surface area contributed by atoms with Gasteiger partial charge in [0.1, 0.15) is 5.82 Å². The van der Waals surface area contributed by atoms with E-state index in [1.807, 2.05) is 6.92 Å². The van der Waals surface area contributed by atoms with E-state index >= 15 is 0 Å². The molecule has 0 amide bonds. The van der Waals surface area contributed by atoms with Crippen molar-refractivity contribution in [1.82, 2.24) is 0 Å². The minimum Gasteiger partial charge on any atom is -0.396 e. The first-order chi connectivity index (χ1) is 6.56. The number of aliphatic hydroxyl groups is 1. The van der Waals surface area contributed by atoms with Crippen LogP contribution in [0.4, 0.5) is 4.39 Å². The Morgan fingerprint density at radius 1 is 1.57 bits per heavy atom. The van der Waals surface area contributed by atoms with Crippen molar-refractivity contribution in [3.63, 3.8) is 0 Å². The van der Waals surface area contributed by atoms with Crippen LogP contribution in [0.1, 0.15) is 12.5 Å². The lowest BCUT2D eigenvalue weighted by Gasteiger charge is -2.10. The van der Waals surface area contributed by atoms with E-state index in [-0.39, 0.29) is 17.5 Å². The first-order valence-electron chi connectivity index (χ1n) is 4.29. The maximum absolute atomic E-state index is 13.5. The first kappa shape index (κ1) is 12.0. The van der Waals surface area contributed by atoms with Gasteiger partial charge in [0.15, 0.2) is 0 Å². The van der Waals surface area contributed by atoms with Crippen LogP contribution in [0, 0.1) is 11.7 Å². The minimum absolute atomic E-state index is 0.0433. The molecule has 0 saturated heterocycles. The van der Waals surface area contributed by atoms with Crippen molar-refractivity contribution in [2.45, 2.75) is 13.3 Å². The van der Waals surface area contributed by atoms with Crippen LogP contribution in [0.25, 0.3) is 0 Å². The zero-order chi connectivity index (χ0) is 10.7. The van der Waals surface area contributed by atoms with Crippen LogP contribution in [0.5, 0.6) is 0 Å². The molecule has 1 aromatic carbocycles. The van der Waals surface area contributed by atoms with Gasteiger partial charge >= 0.3 is 0 Å². The molecule has 1 atom stereocenters. The molecule has 1 nitrogen and oxygen atoms in total. The summed E-state index contributed by atoms with van der Waals surface area (Å²) in [6.07, 6.45) is 0.495. The minimum atomic E-state index is -0.402. The lowest BCUT2D eigenvalue weighted by molar-refractivity contribution is 0.236. The van der Waals surface area contributed by atoms with Crippen LogP contribution < -0.4 is 0 Å². The second-order valence-electron chi connectivity index (χ2n) is 3.33.